The van der Waals surface area contributed by atoms with E-state index in [0.29, 0.717) is 49.3 Å². The first kappa shape index (κ1) is 32.2. The fourth-order valence-electron chi connectivity index (χ4n) is 13.0. The van der Waals surface area contributed by atoms with Gasteiger partial charge in [0.2, 0.25) is 0 Å². The first-order valence-electron chi connectivity index (χ1n) is 19.8. The molecule has 45 heavy (non-hydrogen) atoms. The normalized spacial score (nSPS) is 53.9. The van der Waals surface area contributed by atoms with Gasteiger partial charge in [-0.25, -0.2) is 0 Å². The minimum Gasteiger partial charge on any atom is -0.286 e. The Balaban J connectivity index is 0.00000300. The van der Waals surface area contributed by atoms with Crippen LogP contribution >= 0.6 is 12.4 Å². The summed E-state index contributed by atoms with van der Waals surface area (Å²) in [5.41, 5.74) is 0. The Morgan fingerprint density at radius 1 is 0.378 bits per heavy atom. The van der Waals surface area contributed by atoms with Crippen molar-refractivity contribution in [1.82, 2.24) is 42.5 Å². The topological polar surface area (TPSA) is 96.2 Å². The molecule has 8 nitrogen and oxygen atoms in total. The number of fused-ring (bicyclic) bond motifs is 20. The van der Waals surface area contributed by atoms with Crippen LogP contribution in [0.15, 0.2) is 0 Å². The number of halogens is 1. The van der Waals surface area contributed by atoms with Gasteiger partial charge in [-0.15, -0.1) is 12.4 Å². The van der Waals surface area contributed by atoms with E-state index in [1.807, 2.05) is 0 Å². The summed E-state index contributed by atoms with van der Waals surface area (Å²) in [4.78, 5) is 0. The number of nitrogens with one attached hydrogen (secondary N) is 8. The maximum absolute atomic E-state index is 4.37. The van der Waals surface area contributed by atoms with Crippen molar-refractivity contribution in [2.75, 3.05) is 0 Å². The molecule has 5 saturated heterocycles. The molecule has 17 atom stereocenters. The van der Waals surface area contributed by atoms with E-state index in [4.69, 9.17) is 0 Å². The summed E-state index contributed by atoms with van der Waals surface area (Å²) in [6.45, 7) is 2.38. The molecule has 0 aromatic heterocycles. The highest BCUT2D eigenvalue weighted by Gasteiger charge is 2.55. The molecule has 0 radical (unpaired) electrons. The van der Waals surface area contributed by atoms with E-state index in [1.54, 1.807) is 0 Å². The monoisotopic (exact) mass is 645 g/mol. The molecule has 17 unspecified atom stereocenters. The Bertz CT molecular complexity index is 1000. The van der Waals surface area contributed by atoms with E-state index in [-0.39, 0.29) is 12.4 Å². The van der Waals surface area contributed by atoms with E-state index in [1.165, 1.54) is 116 Å². The lowest BCUT2D eigenvalue weighted by atomic mass is 9.69. The number of hydrogen-bond donors (Lipinski definition) is 8. The van der Waals surface area contributed by atoms with E-state index < -0.39 is 0 Å². The molecule has 4 aliphatic carbocycles. The summed E-state index contributed by atoms with van der Waals surface area (Å²) in [6.07, 6.45) is 28.3. The molecule has 9 heteroatoms. The molecule has 8 bridgehead atoms. The van der Waals surface area contributed by atoms with Crippen LogP contribution in [0.2, 0.25) is 0 Å². The summed E-state index contributed by atoms with van der Waals surface area (Å²) in [5.74, 6) is 6.75. The molecule has 0 aromatic rings. The fraction of sp³-hybridized carbons (Fsp3) is 1.00. The SMILES string of the molecule is CCCCC1CCCC2C3NC4NC(NC5NC(NC6NC(NC(N3)C12)C1CCCCC61)C1CCCCC51)C1CCCCC41.Cl. The number of rotatable bonds is 3. The molecule has 5 aliphatic heterocycles. The van der Waals surface area contributed by atoms with Gasteiger partial charge in [0.25, 0.3) is 0 Å². The van der Waals surface area contributed by atoms with Crippen LogP contribution in [0.1, 0.15) is 122 Å². The first-order chi connectivity index (χ1) is 21.7. The third-order valence-electron chi connectivity index (χ3n) is 15.0. The maximum atomic E-state index is 4.37. The van der Waals surface area contributed by atoms with Gasteiger partial charge in [-0.2, -0.15) is 0 Å². The van der Waals surface area contributed by atoms with E-state index in [2.05, 4.69) is 49.5 Å². The van der Waals surface area contributed by atoms with Crippen molar-refractivity contribution >= 4 is 12.4 Å². The Morgan fingerprint density at radius 2 is 0.689 bits per heavy atom. The summed E-state index contributed by atoms with van der Waals surface area (Å²) in [6, 6.07) is 0. The summed E-state index contributed by atoms with van der Waals surface area (Å²) in [5, 5.41) is 34.3. The Labute approximate surface area is 279 Å². The van der Waals surface area contributed by atoms with Crippen LogP contribution < -0.4 is 42.5 Å². The van der Waals surface area contributed by atoms with E-state index >= 15 is 0 Å². The lowest BCUT2D eigenvalue weighted by Gasteiger charge is -2.39. The number of unbranched alkanes of at least 4 members (excludes halogenated alkanes) is 1. The van der Waals surface area contributed by atoms with Gasteiger partial charge >= 0.3 is 0 Å². The molecule has 5 heterocycles. The lowest BCUT2D eigenvalue weighted by molar-refractivity contribution is 0.115. The minimum atomic E-state index is 0. The third-order valence-corrected chi connectivity index (χ3v) is 15.0. The molecular weight excluding hydrogens is 580 g/mol. The molecular formula is C36H65ClN8. The minimum absolute atomic E-state index is 0. The van der Waals surface area contributed by atoms with Crippen LogP contribution in [-0.2, 0) is 0 Å². The molecule has 256 valence electrons. The summed E-state index contributed by atoms with van der Waals surface area (Å²) in [7, 11) is 0. The van der Waals surface area contributed by atoms with Crippen LogP contribution in [0, 0.1) is 53.3 Å². The molecule has 4 saturated carbocycles. The van der Waals surface area contributed by atoms with Crippen molar-refractivity contribution in [3.8, 4) is 0 Å². The van der Waals surface area contributed by atoms with Crippen LogP contribution in [0.3, 0.4) is 0 Å². The fourth-order valence-corrected chi connectivity index (χ4v) is 13.0. The highest BCUT2D eigenvalue weighted by atomic mass is 35.5. The Hall–Kier alpha value is -0.0300. The largest absolute Gasteiger partial charge is 0.286 e. The average molecular weight is 645 g/mol. The average Bonchev–Trinajstić information content (AvgIpc) is 3.79. The second-order valence-electron chi connectivity index (χ2n) is 17.1. The van der Waals surface area contributed by atoms with Crippen molar-refractivity contribution in [2.24, 2.45) is 53.3 Å². The van der Waals surface area contributed by atoms with Crippen LogP contribution in [0.4, 0.5) is 0 Å². The summed E-state index contributed by atoms with van der Waals surface area (Å²) >= 11 is 0. The van der Waals surface area contributed by atoms with Crippen LogP contribution in [0.25, 0.3) is 0 Å². The highest BCUT2D eigenvalue weighted by Crippen LogP contribution is 2.47. The van der Waals surface area contributed by atoms with Gasteiger partial charge in [0, 0.05) is 0 Å². The van der Waals surface area contributed by atoms with Gasteiger partial charge in [-0.3, -0.25) is 42.5 Å². The van der Waals surface area contributed by atoms with Crippen LogP contribution in [0.5, 0.6) is 0 Å². The Morgan fingerprint density at radius 3 is 1.04 bits per heavy atom. The van der Waals surface area contributed by atoms with E-state index in [9.17, 15) is 0 Å². The molecule has 9 rings (SSSR count). The van der Waals surface area contributed by atoms with Gasteiger partial charge < -0.3 is 0 Å². The van der Waals surface area contributed by atoms with Crippen molar-refractivity contribution in [3.63, 3.8) is 0 Å². The van der Waals surface area contributed by atoms with Gasteiger partial charge in [-0.05, 0) is 98.2 Å². The zero-order valence-electron chi connectivity index (χ0n) is 28.0. The van der Waals surface area contributed by atoms with Gasteiger partial charge in [0.15, 0.2) is 0 Å². The zero-order chi connectivity index (χ0) is 29.2. The molecule has 9 aliphatic rings. The molecule has 8 N–H and O–H groups in total. The van der Waals surface area contributed by atoms with Crippen LogP contribution in [-0.4, -0.2) is 49.3 Å². The second-order valence-corrected chi connectivity index (χ2v) is 17.1. The van der Waals surface area contributed by atoms with Gasteiger partial charge in [0.1, 0.15) is 0 Å². The lowest BCUT2D eigenvalue weighted by Crippen LogP contribution is -2.61. The summed E-state index contributed by atoms with van der Waals surface area (Å²) < 4.78 is 0. The predicted octanol–water partition coefficient (Wildman–Crippen LogP) is 4.44. The molecule has 0 aromatic carbocycles. The Kier molecular flexibility index (Phi) is 9.80. The zero-order valence-corrected chi connectivity index (χ0v) is 28.8. The quantitative estimate of drug-likeness (QED) is 0.229. The van der Waals surface area contributed by atoms with Crippen molar-refractivity contribution in [2.45, 2.75) is 172 Å². The smallest absolute Gasteiger partial charge is 0.0631 e. The van der Waals surface area contributed by atoms with Gasteiger partial charge in [0.05, 0.1) is 49.3 Å². The first-order valence-corrected chi connectivity index (χ1v) is 19.8. The third kappa shape index (κ3) is 5.86. The van der Waals surface area contributed by atoms with Gasteiger partial charge in [-0.1, -0.05) is 77.6 Å². The maximum Gasteiger partial charge on any atom is 0.0631 e. The van der Waals surface area contributed by atoms with Crippen molar-refractivity contribution in [3.05, 3.63) is 0 Å². The molecule has 9 fully saturated rings. The number of hydrogen-bond acceptors (Lipinski definition) is 8. The predicted molar refractivity (Wildman–Crippen MR) is 183 cm³/mol. The standard InChI is InChI=1S/C36H64N8.ClH/c1-2-3-11-20-12-10-19-27-28(20)36-43-34-26-18-9-8-17-25(26)32(41-34)39-30-22-14-5-4-13-21(22)29(37-30)38-31-23-15-6-7-16-24(23)33(40-31)42-35(27)44-36;/h20-44H,2-19H2,1H3;1H. The molecule has 0 spiro atoms. The van der Waals surface area contributed by atoms with E-state index in [0.717, 1.165) is 53.3 Å². The van der Waals surface area contributed by atoms with Crippen molar-refractivity contribution < 1.29 is 0 Å². The van der Waals surface area contributed by atoms with Crippen molar-refractivity contribution in [1.29, 1.82) is 0 Å². The highest BCUT2D eigenvalue weighted by molar-refractivity contribution is 5.85. The second kappa shape index (κ2) is 13.7. The molecule has 0 amide bonds.